The molecule has 0 spiro atoms. The van der Waals surface area contributed by atoms with E-state index in [0.717, 1.165) is 17.8 Å². The van der Waals surface area contributed by atoms with E-state index in [4.69, 9.17) is 9.47 Å². The van der Waals surface area contributed by atoms with E-state index < -0.39 is 0 Å². The highest BCUT2D eigenvalue weighted by Crippen LogP contribution is 2.15. The predicted molar refractivity (Wildman–Crippen MR) is 55.9 cm³/mol. The molecule has 0 N–H and O–H groups in total. The first-order chi connectivity index (χ1) is 6.78. The van der Waals surface area contributed by atoms with Crippen molar-refractivity contribution in [2.24, 2.45) is 0 Å². The van der Waals surface area contributed by atoms with Crippen molar-refractivity contribution < 1.29 is 14.3 Å². The van der Waals surface area contributed by atoms with Gasteiger partial charge < -0.3 is 14.3 Å². The third-order valence-electron chi connectivity index (χ3n) is 1.46. The zero-order valence-corrected chi connectivity index (χ0v) is 8.82. The Kier molecular flexibility index (Phi) is 7.23. The molecular weight excluding hydrogens is 180 g/mol. The van der Waals surface area contributed by atoms with Crippen LogP contribution < -0.4 is 9.47 Å². The molecule has 3 heteroatoms. The highest BCUT2D eigenvalue weighted by atomic mass is 16.5. The van der Waals surface area contributed by atoms with Crippen molar-refractivity contribution in [2.75, 3.05) is 14.2 Å². The second-order valence-electron chi connectivity index (χ2n) is 2.45. The molecule has 0 radical (unpaired) electrons. The Morgan fingerprint density at radius 2 is 1.36 bits per heavy atom. The third-order valence-corrected chi connectivity index (χ3v) is 1.46. The average molecular weight is 196 g/mol. The van der Waals surface area contributed by atoms with Gasteiger partial charge in [-0.15, -0.1) is 0 Å². The van der Waals surface area contributed by atoms with Crippen LogP contribution in [0.1, 0.15) is 13.3 Å². The van der Waals surface area contributed by atoms with Gasteiger partial charge in [-0.1, -0.05) is 6.92 Å². The summed E-state index contributed by atoms with van der Waals surface area (Å²) in [7, 11) is 3.28. The molecule has 1 aromatic rings. The second-order valence-corrected chi connectivity index (χ2v) is 2.45. The van der Waals surface area contributed by atoms with Gasteiger partial charge in [-0.05, 0) is 24.3 Å². The van der Waals surface area contributed by atoms with Crippen LogP contribution in [0.5, 0.6) is 11.5 Å². The van der Waals surface area contributed by atoms with Crippen LogP contribution in [0.2, 0.25) is 0 Å². The lowest BCUT2D eigenvalue weighted by atomic mass is 10.3. The van der Waals surface area contributed by atoms with Crippen LogP contribution in [-0.4, -0.2) is 20.5 Å². The number of hydrogen-bond acceptors (Lipinski definition) is 3. The fourth-order valence-electron chi connectivity index (χ4n) is 0.712. The van der Waals surface area contributed by atoms with Crippen LogP contribution in [0.25, 0.3) is 0 Å². The Bertz CT molecular complexity index is 218. The molecule has 0 heterocycles. The van der Waals surface area contributed by atoms with Crippen molar-refractivity contribution in [3.8, 4) is 11.5 Å². The second kappa shape index (κ2) is 8.10. The molecule has 3 nitrogen and oxygen atoms in total. The van der Waals surface area contributed by atoms with E-state index in [2.05, 4.69) is 0 Å². The van der Waals surface area contributed by atoms with E-state index in [1.54, 1.807) is 14.2 Å². The summed E-state index contributed by atoms with van der Waals surface area (Å²) in [6, 6.07) is 7.44. The lowest BCUT2D eigenvalue weighted by Crippen LogP contribution is -1.83. The Labute approximate surface area is 84.7 Å². The first-order valence-electron chi connectivity index (χ1n) is 4.40. The zero-order valence-electron chi connectivity index (χ0n) is 8.82. The summed E-state index contributed by atoms with van der Waals surface area (Å²) in [5, 5.41) is 0. The number of aldehydes is 1. The number of carbonyl (C=O) groups is 1. The van der Waals surface area contributed by atoms with Gasteiger partial charge in [0.05, 0.1) is 14.2 Å². The highest BCUT2D eigenvalue weighted by molar-refractivity contribution is 5.48. The quantitative estimate of drug-likeness (QED) is 0.696. The summed E-state index contributed by atoms with van der Waals surface area (Å²) in [6.45, 7) is 1.81. The molecule has 0 bridgehead atoms. The average Bonchev–Trinajstić information content (AvgIpc) is 2.29. The fraction of sp³-hybridized carbons (Fsp3) is 0.364. The van der Waals surface area contributed by atoms with Crippen molar-refractivity contribution in [2.45, 2.75) is 13.3 Å². The largest absolute Gasteiger partial charge is 0.497 e. The Morgan fingerprint density at radius 3 is 1.50 bits per heavy atom. The van der Waals surface area contributed by atoms with Crippen molar-refractivity contribution in [3.05, 3.63) is 24.3 Å². The maximum atomic E-state index is 9.17. The normalized spacial score (nSPS) is 8.21. The monoisotopic (exact) mass is 196 g/mol. The van der Waals surface area contributed by atoms with E-state index in [-0.39, 0.29) is 0 Å². The predicted octanol–water partition coefficient (Wildman–Crippen LogP) is 2.30. The topological polar surface area (TPSA) is 35.5 Å². The van der Waals surface area contributed by atoms with E-state index >= 15 is 0 Å². The molecule has 14 heavy (non-hydrogen) atoms. The van der Waals surface area contributed by atoms with E-state index in [9.17, 15) is 4.79 Å². The number of hydrogen-bond donors (Lipinski definition) is 0. The van der Waals surface area contributed by atoms with E-state index in [1.807, 2.05) is 31.2 Å². The van der Waals surface area contributed by atoms with Crippen LogP contribution in [0.3, 0.4) is 0 Å². The smallest absolute Gasteiger partial charge is 0.119 e. The zero-order chi connectivity index (χ0) is 10.8. The molecule has 0 fully saturated rings. The molecule has 0 aliphatic heterocycles. The maximum Gasteiger partial charge on any atom is 0.119 e. The summed E-state index contributed by atoms with van der Waals surface area (Å²) in [4.78, 5) is 9.17. The molecule has 1 aromatic carbocycles. The Morgan fingerprint density at radius 1 is 1.07 bits per heavy atom. The summed E-state index contributed by atoms with van der Waals surface area (Å²) < 4.78 is 9.92. The molecule has 0 atom stereocenters. The number of benzene rings is 1. The first-order valence-corrected chi connectivity index (χ1v) is 4.40. The number of rotatable bonds is 3. The van der Waals surface area contributed by atoms with Gasteiger partial charge in [0.15, 0.2) is 0 Å². The Balaban J connectivity index is 0.000000364. The molecule has 0 aliphatic carbocycles. The van der Waals surface area contributed by atoms with Crippen LogP contribution in [0.15, 0.2) is 24.3 Å². The molecule has 0 aromatic heterocycles. The van der Waals surface area contributed by atoms with Gasteiger partial charge >= 0.3 is 0 Å². The molecule has 0 saturated heterocycles. The van der Waals surface area contributed by atoms with Crippen molar-refractivity contribution in [1.82, 2.24) is 0 Å². The minimum absolute atomic E-state index is 0.639. The van der Waals surface area contributed by atoms with Crippen LogP contribution in [0, 0.1) is 0 Å². The van der Waals surface area contributed by atoms with Crippen molar-refractivity contribution >= 4 is 6.29 Å². The van der Waals surface area contributed by atoms with Crippen LogP contribution >= 0.6 is 0 Å². The number of ether oxygens (including phenoxy) is 2. The van der Waals surface area contributed by atoms with Gasteiger partial charge in [-0.25, -0.2) is 0 Å². The summed E-state index contributed by atoms with van der Waals surface area (Å²) in [5.41, 5.74) is 0. The fourth-order valence-corrected chi connectivity index (χ4v) is 0.712. The van der Waals surface area contributed by atoms with E-state index in [0.29, 0.717) is 6.42 Å². The first kappa shape index (κ1) is 12.5. The lowest BCUT2D eigenvalue weighted by molar-refractivity contribution is -0.107. The molecule has 0 unspecified atom stereocenters. The maximum absolute atomic E-state index is 9.17. The molecule has 1 rings (SSSR count). The minimum atomic E-state index is 0.639. The van der Waals surface area contributed by atoms with Gasteiger partial charge in [-0.2, -0.15) is 0 Å². The molecule has 78 valence electrons. The van der Waals surface area contributed by atoms with Gasteiger partial charge in [0, 0.05) is 6.42 Å². The SMILES string of the molecule is CCC=O.COc1ccc(OC)cc1. The molecule has 0 aliphatic rings. The summed E-state index contributed by atoms with van der Waals surface area (Å²) in [5.74, 6) is 1.70. The van der Waals surface area contributed by atoms with Crippen molar-refractivity contribution in [1.29, 1.82) is 0 Å². The third kappa shape index (κ3) is 5.19. The molecule has 0 amide bonds. The standard InChI is InChI=1S/C8H10O2.C3H6O/c1-9-7-3-5-8(10-2)6-4-7;1-2-3-4/h3-6H,1-2H3;3H,2H2,1H3. The Hall–Kier alpha value is -1.51. The molecular formula is C11H16O3. The van der Waals surface area contributed by atoms with Crippen molar-refractivity contribution in [3.63, 3.8) is 0 Å². The van der Waals surface area contributed by atoms with Crippen LogP contribution in [-0.2, 0) is 4.79 Å². The lowest BCUT2D eigenvalue weighted by Gasteiger charge is -2.00. The molecule has 0 saturated carbocycles. The summed E-state index contributed by atoms with van der Waals surface area (Å²) >= 11 is 0. The van der Waals surface area contributed by atoms with Gasteiger partial charge in [0.2, 0.25) is 0 Å². The highest BCUT2D eigenvalue weighted by Gasteiger charge is 1.89. The van der Waals surface area contributed by atoms with Gasteiger partial charge in [0.25, 0.3) is 0 Å². The van der Waals surface area contributed by atoms with Crippen LogP contribution in [0.4, 0.5) is 0 Å². The number of carbonyl (C=O) groups excluding carboxylic acids is 1. The number of methoxy groups -OCH3 is 2. The summed E-state index contributed by atoms with van der Waals surface area (Å²) in [6.07, 6.45) is 1.51. The van der Waals surface area contributed by atoms with E-state index in [1.165, 1.54) is 0 Å². The van der Waals surface area contributed by atoms with Gasteiger partial charge in [-0.3, -0.25) is 0 Å². The van der Waals surface area contributed by atoms with Gasteiger partial charge in [0.1, 0.15) is 17.8 Å². The minimum Gasteiger partial charge on any atom is -0.497 e.